The molecule has 0 unspecified atom stereocenters. The Kier molecular flexibility index (Phi) is 4.61. The van der Waals surface area contributed by atoms with E-state index in [1.165, 1.54) is 12.4 Å². The second kappa shape index (κ2) is 5.24. The van der Waals surface area contributed by atoms with E-state index in [0.717, 1.165) is 0 Å². The first-order chi connectivity index (χ1) is 5.54. The van der Waals surface area contributed by atoms with Gasteiger partial charge in [-0.15, -0.1) is 0 Å². The van der Waals surface area contributed by atoms with Crippen molar-refractivity contribution in [3.05, 3.63) is 22.5 Å². The van der Waals surface area contributed by atoms with Gasteiger partial charge in [-0.2, -0.15) is 0 Å². The minimum Gasteiger partial charge on any atom is -0.402 e. The summed E-state index contributed by atoms with van der Waals surface area (Å²) < 4.78 is 0. The summed E-state index contributed by atoms with van der Waals surface area (Å²) in [7, 11) is -2.17. The zero-order valence-corrected chi connectivity index (χ0v) is 5.78. The lowest BCUT2D eigenvalue weighted by molar-refractivity contribution is -0.393. The highest BCUT2D eigenvalue weighted by atomic mass is 16.6. The first kappa shape index (κ1) is 10.6. The smallest absolute Gasteiger partial charge is 0.402 e. The summed E-state index contributed by atoms with van der Waals surface area (Å²) in [6, 6.07) is 0. The molecule has 1 aromatic heterocycles. The number of aromatic nitrogens is 2. The van der Waals surface area contributed by atoms with Crippen LogP contribution in [0.3, 0.4) is 0 Å². The van der Waals surface area contributed by atoms with E-state index in [2.05, 4.69) is 9.97 Å². The number of hydrogen-bond donors (Lipinski definition) is 4. The van der Waals surface area contributed by atoms with Crippen LogP contribution in [0.15, 0.2) is 12.4 Å². The molecule has 66 valence electrons. The van der Waals surface area contributed by atoms with Crippen molar-refractivity contribution in [3.8, 4) is 0 Å². The molecule has 0 atom stereocenters. The number of aromatic amines is 1. The number of rotatable bonds is 1. The predicted octanol–water partition coefficient (Wildman–Crippen LogP) is -1.73. The molecule has 1 aromatic rings. The summed E-state index contributed by atoms with van der Waals surface area (Å²) in [6.45, 7) is 0. The normalized spacial score (nSPS) is 8.25. The Bertz CT molecular complexity index is 221. The Morgan fingerprint density at radius 3 is 2.25 bits per heavy atom. The van der Waals surface area contributed by atoms with Crippen LogP contribution < -0.4 is 0 Å². The molecule has 0 saturated heterocycles. The van der Waals surface area contributed by atoms with Crippen LogP contribution in [-0.2, 0) is 0 Å². The van der Waals surface area contributed by atoms with Crippen LogP contribution in [0.1, 0.15) is 0 Å². The van der Waals surface area contributed by atoms with Gasteiger partial charge in [-0.3, -0.25) is 0 Å². The summed E-state index contributed by atoms with van der Waals surface area (Å²) in [5.74, 6) is -0.218. The average Bonchev–Trinajstić information content (AvgIpc) is 2.34. The van der Waals surface area contributed by atoms with Crippen molar-refractivity contribution in [2.45, 2.75) is 0 Å². The highest BCUT2D eigenvalue weighted by Gasteiger charge is 2.01. The molecule has 1 rings (SSSR count). The van der Waals surface area contributed by atoms with E-state index >= 15 is 0 Å². The van der Waals surface area contributed by atoms with E-state index in [4.69, 9.17) is 15.1 Å². The van der Waals surface area contributed by atoms with Crippen LogP contribution >= 0.6 is 0 Å². The van der Waals surface area contributed by atoms with Gasteiger partial charge in [0.25, 0.3) is 0 Å². The summed E-state index contributed by atoms with van der Waals surface area (Å²) >= 11 is 0. The van der Waals surface area contributed by atoms with Gasteiger partial charge in [0.1, 0.15) is 6.20 Å². The molecule has 0 fully saturated rings. The van der Waals surface area contributed by atoms with Crippen LogP contribution in [0.25, 0.3) is 0 Å². The maximum Gasteiger partial charge on any atom is 0.631 e. The number of hydrogen-bond acceptors (Lipinski definition) is 6. The summed E-state index contributed by atoms with van der Waals surface area (Å²) in [5, 5.41) is 31.3. The first-order valence-corrected chi connectivity index (χ1v) is 2.72. The monoisotopic (exact) mass is 175 g/mol. The zero-order chi connectivity index (χ0) is 9.56. The van der Waals surface area contributed by atoms with E-state index in [1.807, 2.05) is 0 Å². The molecular formula is C3H6BN3O5. The van der Waals surface area contributed by atoms with Gasteiger partial charge in [0.2, 0.25) is 0 Å². The van der Waals surface area contributed by atoms with E-state index in [1.54, 1.807) is 0 Å². The molecule has 0 saturated carbocycles. The Balaban J connectivity index is 0.000000261. The number of nitrogens with one attached hydrogen (secondary N) is 1. The van der Waals surface area contributed by atoms with Crippen LogP contribution in [0.5, 0.6) is 0 Å². The molecule has 0 aliphatic carbocycles. The van der Waals surface area contributed by atoms with Gasteiger partial charge in [0.05, 0.1) is 6.20 Å². The lowest BCUT2D eigenvalue weighted by Gasteiger charge is -1.83. The number of H-pyrrole nitrogens is 1. The summed E-state index contributed by atoms with van der Waals surface area (Å²) in [4.78, 5) is 14.9. The number of nitro groups is 1. The maximum atomic E-state index is 9.77. The zero-order valence-electron chi connectivity index (χ0n) is 5.78. The van der Waals surface area contributed by atoms with Gasteiger partial charge in [-0.25, -0.2) is 4.98 Å². The molecular weight excluding hydrogens is 169 g/mol. The fourth-order valence-electron chi connectivity index (χ4n) is 0.357. The highest BCUT2D eigenvalue weighted by molar-refractivity contribution is 6.30. The third kappa shape index (κ3) is 5.35. The SMILES string of the molecule is O=[N+]([O-])c1ncc[nH]1.OB(O)O. The molecule has 4 N–H and O–H groups in total. The summed E-state index contributed by atoms with van der Waals surface area (Å²) in [6.07, 6.45) is 2.73. The fraction of sp³-hybridized carbons (Fsp3) is 0. The fourth-order valence-corrected chi connectivity index (χ4v) is 0.357. The van der Waals surface area contributed by atoms with Gasteiger partial charge >= 0.3 is 13.3 Å². The van der Waals surface area contributed by atoms with Gasteiger partial charge in [0, 0.05) is 0 Å². The van der Waals surface area contributed by atoms with Crippen molar-refractivity contribution in [3.63, 3.8) is 0 Å². The molecule has 0 aliphatic rings. The second-order valence-corrected chi connectivity index (χ2v) is 1.52. The minimum absolute atomic E-state index is 0.218. The van der Waals surface area contributed by atoms with Crippen molar-refractivity contribution in [2.24, 2.45) is 0 Å². The van der Waals surface area contributed by atoms with E-state index in [-0.39, 0.29) is 5.95 Å². The van der Waals surface area contributed by atoms with Crippen LogP contribution in [0.4, 0.5) is 5.95 Å². The third-order valence-electron chi connectivity index (χ3n) is 0.657. The largest absolute Gasteiger partial charge is 0.631 e. The predicted molar refractivity (Wildman–Crippen MR) is 37.7 cm³/mol. The van der Waals surface area contributed by atoms with Gasteiger partial charge in [-0.1, -0.05) is 4.98 Å². The molecule has 8 nitrogen and oxygen atoms in total. The van der Waals surface area contributed by atoms with Crippen LogP contribution in [0, 0.1) is 10.1 Å². The van der Waals surface area contributed by atoms with Crippen LogP contribution in [-0.4, -0.2) is 37.3 Å². The van der Waals surface area contributed by atoms with Gasteiger partial charge in [-0.05, 0) is 4.92 Å². The van der Waals surface area contributed by atoms with E-state index in [0.29, 0.717) is 0 Å². The van der Waals surface area contributed by atoms with Crippen molar-refractivity contribution < 1.29 is 20.0 Å². The Morgan fingerprint density at radius 2 is 2.08 bits per heavy atom. The van der Waals surface area contributed by atoms with Gasteiger partial charge in [0.15, 0.2) is 0 Å². The van der Waals surface area contributed by atoms with Crippen molar-refractivity contribution in [1.29, 1.82) is 0 Å². The molecule has 9 heteroatoms. The molecule has 0 bridgehead atoms. The molecule has 0 radical (unpaired) electrons. The van der Waals surface area contributed by atoms with Crippen LogP contribution in [0.2, 0.25) is 0 Å². The molecule has 0 aromatic carbocycles. The molecule has 1 heterocycles. The van der Waals surface area contributed by atoms with E-state index < -0.39 is 12.2 Å². The van der Waals surface area contributed by atoms with E-state index in [9.17, 15) is 10.1 Å². The Hall–Kier alpha value is -1.45. The number of nitrogens with zero attached hydrogens (tertiary/aromatic N) is 2. The number of imidazole rings is 1. The van der Waals surface area contributed by atoms with Crippen molar-refractivity contribution in [2.75, 3.05) is 0 Å². The lowest BCUT2D eigenvalue weighted by Crippen LogP contribution is -2.07. The maximum absolute atomic E-state index is 9.77. The quantitative estimate of drug-likeness (QED) is 0.227. The molecule has 0 spiro atoms. The second-order valence-electron chi connectivity index (χ2n) is 1.52. The standard InChI is InChI=1S/C3H3N3O2.BH3O3/c7-6(8)3-4-1-2-5-3;2-1(3)4/h1-2H,(H,4,5);2-4H. The summed E-state index contributed by atoms with van der Waals surface area (Å²) in [5.41, 5.74) is 0. The lowest BCUT2D eigenvalue weighted by atomic mass is 10.3. The topological polar surface area (TPSA) is 133 Å². The molecule has 12 heavy (non-hydrogen) atoms. The third-order valence-corrected chi connectivity index (χ3v) is 0.657. The van der Waals surface area contributed by atoms with Gasteiger partial charge < -0.3 is 25.2 Å². The van der Waals surface area contributed by atoms with Crippen molar-refractivity contribution in [1.82, 2.24) is 9.97 Å². The molecule has 0 aliphatic heterocycles. The Morgan fingerprint density at radius 1 is 1.58 bits per heavy atom. The highest BCUT2D eigenvalue weighted by Crippen LogP contribution is 1.96. The first-order valence-electron chi connectivity index (χ1n) is 2.72. The average molecular weight is 175 g/mol. The Labute approximate surface area is 66.8 Å². The van der Waals surface area contributed by atoms with Crippen molar-refractivity contribution >= 4 is 13.3 Å². The molecule has 0 amide bonds. The minimum atomic E-state index is -2.17.